The summed E-state index contributed by atoms with van der Waals surface area (Å²) in [6.07, 6.45) is 0.426. The van der Waals surface area contributed by atoms with Gasteiger partial charge in [0.2, 0.25) is 0 Å². The number of ether oxygens (including phenoxy) is 1. The van der Waals surface area contributed by atoms with Crippen molar-refractivity contribution in [2.75, 3.05) is 13.2 Å². The van der Waals surface area contributed by atoms with E-state index < -0.39 is 0 Å². The summed E-state index contributed by atoms with van der Waals surface area (Å²) in [7, 11) is 0. The van der Waals surface area contributed by atoms with Gasteiger partial charge >= 0.3 is 6.09 Å². The highest BCUT2D eigenvalue weighted by Crippen LogP contribution is 2.46. The maximum Gasteiger partial charge on any atom is 0.407 e. The van der Waals surface area contributed by atoms with E-state index in [0.717, 1.165) is 6.42 Å². The van der Waals surface area contributed by atoms with E-state index in [4.69, 9.17) is 4.74 Å². The Hall–Kier alpha value is -2.33. The van der Waals surface area contributed by atoms with Gasteiger partial charge in [-0.1, -0.05) is 62.4 Å². The van der Waals surface area contributed by atoms with Crippen LogP contribution in [0.4, 0.5) is 4.79 Å². The summed E-state index contributed by atoms with van der Waals surface area (Å²) in [5.74, 6) is 0.314. The van der Waals surface area contributed by atoms with E-state index in [0.29, 0.717) is 6.61 Å². The minimum Gasteiger partial charge on any atom is -0.449 e. The number of carbonyl (C=O) groups excluding carboxylic acids is 1. The molecule has 4 nitrogen and oxygen atoms in total. The average molecular weight is 351 g/mol. The van der Waals surface area contributed by atoms with E-state index in [1.165, 1.54) is 22.3 Å². The monoisotopic (exact) mass is 351 g/mol. The van der Waals surface area contributed by atoms with Crippen molar-refractivity contribution in [2.24, 2.45) is 11.3 Å². The number of amides is 1. The van der Waals surface area contributed by atoms with Crippen molar-refractivity contribution in [3.05, 3.63) is 59.7 Å². The van der Waals surface area contributed by atoms with Crippen molar-refractivity contribution < 1.29 is 14.6 Å². The van der Waals surface area contributed by atoms with Crippen LogP contribution in [0, 0.1) is 11.3 Å². The Morgan fingerprint density at radius 3 is 2.23 bits per heavy atom. The van der Waals surface area contributed by atoms with Gasteiger partial charge in [0.25, 0.3) is 0 Å². The van der Waals surface area contributed by atoms with Crippen molar-refractivity contribution in [1.82, 2.24) is 5.32 Å². The highest BCUT2D eigenvalue weighted by Gasteiger charge is 2.48. The fourth-order valence-corrected chi connectivity index (χ4v) is 4.35. The highest BCUT2D eigenvalue weighted by atomic mass is 16.5. The first-order valence-corrected chi connectivity index (χ1v) is 9.24. The molecular weight excluding hydrogens is 326 g/mol. The third kappa shape index (κ3) is 2.69. The van der Waals surface area contributed by atoms with E-state index in [1.807, 2.05) is 24.3 Å². The lowest BCUT2D eigenvalue weighted by Gasteiger charge is -2.51. The molecule has 26 heavy (non-hydrogen) atoms. The minimum absolute atomic E-state index is 0.0512. The number of aliphatic hydroxyl groups is 1. The van der Waals surface area contributed by atoms with Crippen LogP contribution < -0.4 is 5.32 Å². The third-order valence-corrected chi connectivity index (χ3v) is 6.33. The second-order valence-electron chi connectivity index (χ2n) is 7.96. The van der Waals surface area contributed by atoms with Crippen LogP contribution >= 0.6 is 0 Å². The zero-order valence-electron chi connectivity index (χ0n) is 15.2. The number of fused-ring (bicyclic) bond motifs is 3. The summed E-state index contributed by atoms with van der Waals surface area (Å²) in [4.78, 5) is 12.3. The summed E-state index contributed by atoms with van der Waals surface area (Å²) in [6, 6.07) is 16.7. The quantitative estimate of drug-likeness (QED) is 0.877. The third-order valence-electron chi connectivity index (χ3n) is 6.33. The summed E-state index contributed by atoms with van der Waals surface area (Å²) in [6.45, 7) is 4.64. The van der Waals surface area contributed by atoms with Gasteiger partial charge in [0, 0.05) is 18.6 Å². The van der Waals surface area contributed by atoms with Crippen LogP contribution in [0.2, 0.25) is 0 Å². The number of hydrogen-bond donors (Lipinski definition) is 2. The van der Waals surface area contributed by atoms with E-state index in [1.54, 1.807) is 0 Å². The second-order valence-corrected chi connectivity index (χ2v) is 7.96. The molecule has 0 heterocycles. The molecule has 1 amide bonds. The fraction of sp³-hybridized carbons (Fsp3) is 0.409. The molecule has 136 valence electrons. The average Bonchev–Trinajstić information content (AvgIpc) is 2.97. The molecular formula is C22H25NO3. The Balaban J connectivity index is 1.43. The van der Waals surface area contributed by atoms with Crippen molar-refractivity contribution in [1.29, 1.82) is 0 Å². The normalized spacial score (nSPS) is 22.9. The van der Waals surface area contributed by atoms with Crippen molar-refractivity contribution in [3.63, 3.8) is 0 Å². The summed E-state index contributed by atoms with van der Waals surface area (Å²) in [5, 5.41) is 12.3. The molecule has 0 aromatic heterocycles. The number of carbonyl (C=O) groups is 1. The minimum atomic E-state index is -0.374. The van der Waals surface area contributed by atoms with E-state index in [2.05, 4.69) is 43.4 Å². The van der Waals surface area contributed by atoms with Gasteiger partial charge in [0.05, 0.1) is 0 Å². The van der Waals surface area contributed by atoms with Gasteiger partial charge in [-0.2, -0.15) is 0 Å². The van der Waals surface area contributed by atoms with Gasteiger partial charge in [-0.15, -0.1) is 0 Å². The van der Waals surface area contributed by atoms with Gasteiger partial charge in [0.1, 0.15) is 6.61 Å². The standard InChI is InChI=1S/C22H25NO3/c1-22(2)14(12-24)11-20(22)23-21(25)26-13-19-17-9-5-3-7-15(17)16-8-4-6-10-18(16)19/h3-10,14,19-20,24H,11-13H2,1-2H3,(H,23,25). The molecule has 0 radical (unpaired) electrons. The molecule has 2 aliphatic carbocycles. The van der Waals surface area contributed by atoms with Crippen LogP contribution in [0.1, 0.15) is 37.3 Å². The SMILES string of the molecule is CC1(C)C(CO)CC1NC(=O)OCC1c2ccccc2-c2ccccc21. The number of hydrogen-bond acceptors (Lipinski definition) is 3. The first-order valence-electron chi connectivity index (χ1n) is 9.24. The number of nitrogens with one attached hydrogen (secondary N) is 1. The molecule has 0 spiro atoms. The Kier molecular flexibility index (Phi) is 4.23. The molecule has 0 saturated heterocycles. The van der Waals surface area contributed by atoms with E-state index in [-0.39, 0.29) is 36.0 Å². The summed E-state index contributed by atoms with van der Waals surface area (Å²) >= 11 is 0. The van der Waals surface area contributed by atoms with Gasteiger partial charge in [-0.25, -0.2) is 4.79 Å². The van der Waals surface area contributed by atoms with Crippen LogP contribution in [0.25, 0.3) is 11.1 Å². The molecule has 1 fully saturated rings. The number of aliphatic hydroxyl groups excluding tert-OH is 1. The lowest BCUT2D eigenvalue weighted by molar-refractivity contribution is -0.0221. The molecule has 2 unspecified atom stereocenters. The van der Waals surface area contributed by atoms with Crippen molar-refractivity contribution >= 4 is 6.09 Å². The number of rotatable bonds is 4. The van der Waals surface area contributed by atoms with E-state index >= 15 is 0 Å². The van der Waals surface area contributed by atoms with Crippen LogP contribution in [-0.4, -0.2) is 30.5 Å². The van der Waals surface area contributed by atoms with Gasteiger partial charge in [-0.05, 0) is 40.0 Å². The van der Waals surface area contributed by atoms with E-state index in [9.17, 15) is 9.90 Å². The molecule has 2 aromatic rings. The second kappa shape index (κ2) is 6.44. The van der Waals surface area contributed by atoms with Crippen molar-refractivity contribution in [3.8, 4) is 11.1 Å². The van der Waals surface area contributed by atoms with Crippen LogP contribution in [0.15, 0.2) is 48.5 Å². The van der Waals surface area contributed by atoms with Gasteiger partial charge in [0.15, 0.2) is 0 Å². The molecule has 4 heteroatoms. The first-order chi connectivity index (χ1) is 12.5. The van der Waals surface area contributed by atoms with Crippen LogP contribution in [0.3, 0.4) is 0 Å². The van der Waals surface area contributed by atoms with Gasteiger partial charge in [-0.3, -0.25) is 0 Å². The Morgan fingerprint density at radius 1 is 1.12 bits per heavy atom. The molecule has 2 aliphatic rings. The lowest BCUT2D eigenvalue weighted by Crippen LogP contribution is -2.59. The Morgan fingerprint density at radius 2 is 1.69 bits per heavy atom. The lowest BCUT2D eigenvalue weighted by atomic mass is 9.59. The van der Waals surface area contributed by atoms with Crippen molar-refractivity contribution in [2.45, 2.75) is 32.2 Å². The summed E-state index contributed by atoms with van der Waals surface area (Å²) in [5.41, 5.74) is 4.78. The van der Waals surface area contributed by atoms with Gasteiger partial charge < -0.3 is 15.2 Å². The molecule has 2 atom stereocenters. The zero-order chi connectivity index (χ0) is 18.3. The Bertz CT molecular complexity index is 784. The fourth-order valence-electron chi connectivity index (χ4n) is 4.35. The molecule has 4 rings (SSSR count). The maximum absolute atomic E-state index is 12.3. The van der Waals surface area contributed by atoms with Crippen LogP contribution in [0.5, 0.6) is 0 Å². The largest absolute Gasteiger partial charge is 0.449 e. The van der Waals surface area contributed by atoms with Crippen LogP contribution in [-0.2, 0) is 4.74 Å². The zero-order valence-corrected chi connectivity index (χ0v) is 15.2. The topological polar surface area (TPSA) is 58.6 Å². The number of benzene rings is 2. The first kappa shape index (κ1) is 17.1. The highest BCUT2D eigenvalue weighted by molar-refractivity contribution is 5.79. The molecule has 0 aliphatic heterocycles. The number of alkyl carbamates (subject to hydrolysis) is 1. The molecule has 2 aromatic carbocycles. The molecule has 1 saturated carbocycles. The molecule has 0 bridgehead atoms. The maximum atomic E-state index is 12.3. The predicted molar refractivity (Wildman–Crippen MR) is 101 cm³/mol. The Labute approximate surface area is 154 Å². The predicted octanol–water partition coefficient (Wildman–Crippen LogP) is 3.93. The molecule has 2 N–H and O–H groups in total. The summed E-state index contributed by atoms with van der Waals surface area (Å²) < 4.78 is 5.60. The smallest absolute Gasteiger partial charge is 0.407 e.